The van der Waals surface area contributed by atoms with Crippen LogP contribution in [0.5, 0.6) is 0 Å². The number of furan rings is 1. The van der Waals surface area contributed by atoms with Gasteiger partial charge in [0.25, 0.3) is 0 Å². The first-order valence-electron chi connectivity index (χ1n) is 6.75. The molecule has 1 heterocycles. The Morgan fingerprint density at radius 2 is 2.29 bits per heavy atom. The molecule has 3 heteroatoms. The van der Waals surface area contributed by atoms with Gasteiger partial charge in [-0.3, -0.25) is 0 Å². The molecule has 0 bridgehead atoms. The van der Waals surface area contributed by atoms with Crippen molar-refractivity contribution in [2.75, 3.05) is 13.2 Å². The lowest BCUT2D eigenvalue weighted by atomic mass is 10.0. The first-order chi connectivity index (χ1) is 8.36. The van der Waals surface area contributed by atoms with Crippen molar-refractivity contribution in [3.63, 3.8) is 0 Å². The largest absolute Gasteiger partial charge is 0.468 e. The maximum Gasteiger partial charge on any atom is 0.123 e. The summed E-state index contributed by atoms with van der Waals surface area (Å²) in [6.07, 6.45) is 5.70. The van der Waals surface area contributed by atoms with Gasteiger partial charge in [-0.15, -0.1) is 0 Å². The molecule has 2 unspecified atom stereocenters. The molecule has 96 valence electrons. The molecule has 1 aliphatic carbocycles. The average Bonchev–Trinajstić information content (AvgIpc) is 3.04. The first kappa shape index (κ1) is 12.7. The second-order valence-electron chi connectivity index (χ2n) is 4.70. The highest BCUT2D eigenvalue weighted by Crippen LogP contribution is 2.40. The van der Waals surface area contributed by atoms with Crippen LogP contribution in [0.4, 0.5) is 0 Å². The predicted octanol–water partition coefficient (Wildman–Crippen LogP) is 3.14. The molecule has 1 saturated carbocycles. The summed E-state index contributed by atoms with van der Waals surface area (Å²) >= 11 is 0. The Hall–Kier alpha value is -0.800. The van der Waals surface area contributed by atoms with Gasteiger partial charge in [0.15, 0.2) is 0 Å². The van der Waals surface area contributed by atoms with Crippen LogP contribution < -0.4 is 5.32 Å². The van der Waals surface area contributed by atoms with Crippen molar-refractivity contribution in [3.8, 4) is 0 Å². The smallest absolute Gasteiger partial charge is 0.123 e. The van der Waals surface area contributed by atoms with Gasteiger partial charge < -0.3 is 14.5 Å². The van der Waals surface area contributed by atoms with Gasteiger partial charge in [-0.05, 0) is 50.8 Å². The van der Waals surface area contributed by atoms with E-state index in [1.54, 1.807) is 6.26 Å². The summed E-state index contributed by atoms with van der Waals surface area (Å²) in [6.45, 7) is 6.02. The summed E-state index contributed by atoms with van der Waals surface area (Å²) in [7, 11) is 0. The molecule has 2 rings (SSSR count). The topological polar surface area (TPSA) is 34.4 Å². The van der Waals surface area contributed by atoms with E-state index < -0.39 is 0 Å². The van der Waals surface area contributed by atoms with Crippen LogP contribution >= 0.6 is 0 Å². The van der Waals surface area contributed by atoms with E-state index in [0.717, 1.165) is 25.3 Å². The van der Waals surface area contributed by atoms with Crippen molar-refractivity contribution in [2.24, 2.45) is 5.92 Å². The Morgan fingerprint density at radius 3 is 2.82 bits per heavy atom. The Labute approximate surface area is 104 Å². The number of nitrogens with one attached hydrogen (secondary N) is 1. The quantitative estimate of drug-likeness (QED) is 0.754. The van der Waals surface area contributed by atoms with Crippen LogP contribution in [-0.2, 0) is 4.74 Å². The third kappa shape index (κ3) is 3.33. The van der Waals surface area contributed by atoms with Crippen LogP contribution in [0.1, 0.15) is 44.9 Å². The molecule has 1 aromatic heterocycles. The van der Waals surface area contributed by atoms with Crippen LogP contribution in [-0.4, -0.2) is 19.3 Å². The molecule has 1 N–H and O–H groups in total. The van der Waals surface area contributed by atoms with Crippen molar-refractivity contribution >= 4 is 0 Å². The zero-order chi connectivity index (χ0) is 12.1. The van der Waals surface area contributed by atoms with Crippen molar-refractivity contribution in [1.29, 1.82) is 0 Å². The van der Waals surface area contributed by atoms with E-state index in [4.69, 9.17) is 9.15 Å². The molecular formula is C14H23NO2. The van der Waals surface area contributed by atoms with E-state index in [1.807, 2.05) is 12.1 Å². The summed E-state index contributed by atoms with van der Waals surface area (Å²) in [5.74, 6) is 1.71. The number of hydrogen-bond donors (Lipinski definition) is 1. The SMILES string of the molecule is CCCNC(c1ccco1)C(OCC)C1CC1. The number of ether oxygens (including phenoxy) is 1. The van der Waals surface area contributed by atoms with E-state index in [2.05, 4.69) is 19.2 Å². The van der Waals surface area contributed by atoms with Crippen LogP contribution in [0.2, 0.25) is 0 Å². The molecule has 17 heavy (non-hydrogen) atoms. The molecule has 1 aliphatic rings. The van der Waals surface area contributed by atoms with E-state index in [0.29, 0.717) is 5.92 Å². The highest BCUT2D eigenvalue weighted by atomic mass is 16.5. The van der Waals surface area contributed by atoms with E-state index in [1.165, 1.54) is 12.8 Å². The minimum Gasteiger partial charge on any atom is -0.468 e. The fraction of sp³-hybridized carbons (Fsp3) is 0.714. The highest BCUT2D eigenvalue weighted by molar-refractivity contribution is 5.09. The van der Waals surface area contributed by atoms with Gasteiger partial charge in [-0.25, -0.2) is 0 Å². The Balaban J connectivity index is 2.06. The highest BCUT2D eigenvalue weighted by Gasteiger charge is 2.38. The summed E-state index contributed by atoms with van der Waals surface area (Å²) in [6, 6.07) is 4.20. The van der Waals surface area contributed by atoms with Gasteiger partial charge in [-0.1, -0.05) is 6.92 Å². The van der Waals surface area contributed by atoms with E-state index >= 15 is 0 Å². The zero-order valence-electron chi connectivity index (χ0n) is 10.8. The van der Waals surface area contributed by atoms with Crippen LogP contribution in [0, 0.1) is 5.92 Å². The third-order valence-electron chi connectivity index (χ3n) is 3.24. The van der Waals surface area contributed by atoms with E-state index in [9.17, 15) is 0 Å². The fourth-order valence-corrected chi connectivity index (χ4v) is 2.27. The van der Waals surface area contributed by atoms with Crippen LogP contribution in [0.15, 0.2) is 22.8 Å². The summed E-state index contributed by atoms with van der Waals surface area (Å²) in [4.78, 5) is 0. The van der Waals surface area contributed by atoms with Crippen molar-refractivity contribution in [2.45, 2.75) is 45.3 Å². The molecule has 0 amide bonds. The van der Waals surface area contributed by atoms with Crippen LogP contribution in [0.25, 0.3) is 0 Å². The summed E-state index contributed by atoms with van der Waals surface area (Å²) in [5, 5.41) is 3.56. The second-order valence-corrected chi connectivity index (χ2v) is 4.70. The minimum atomic E-state index is 0.206. The molecule has 0 spiro atoms. The minimum absolute atomic E-state index is 0.206. The lowest BCUT2D eigenvalue weighted by molar-refractivity contribution is 0.0132. The molecule has 0 aliphatic heterocycles. The molecule has 2 atom stereocenters. The van der Waals surface area contributed by atoms with Crippen molar-refractivity contribution in [1.82, 2.24) is 5.32 Å². The molecule has 1 aromatic rings. The van der Waals surface area contributed by atoms with Gasteiger partial charge in [0, 0.05) is 6.61 Å². The Kier molecular flexibility index (Phi) is 4.63. The molecule has 0 saturated heterocycles. The normalized spacial score (nSPS) is 19.2. The molecule has 0 radical (unpaired) electrons. The average molecular weight is 237 g/mol. The molecular weight excluding hydrogens is 214 g/mol. The zero-order valence-corrected chi connectivity index (χ0v) is 10.8. The van der Waals surface area contributed by atoms with E-state index in [-0.39, 0.29) is 12.1 Å². The monoisotopic (exact) mass is 237 g/mol. The third-order valence-corrected chi connectivity index (χ3v) is 3.24. The maximum atomic E-state index is 5.93. The second kappa shape index (κ2) is 6.22. The molecule has 3 nitrogen and oxygen atoms in total. The van der Waals surface area contributed by atoms with Crippen LogP contribution in [0.3, 0.4) is 0 Å². The first-order valence-corrected chi connectivity index (χ1v) is 6.75. The van der Waals surface area contributed by atoms with Gasteiger partial charge in [0.1, 0.15) is 5.76 Å². The van der Waals surface area contributed by atoms with Gasteiger partial charge in [0.2, 0.25) is 0 Å². The molecule has 0 aromatic carbocycles. The fourth-order valence-electron chi connectivity index (χ4n) is 2.27. The maximum absolute atomic E-state index is 5.93. The molecule has 1 fully saturated rings. The van der Waals surface area contributed by atoms with Crippen molar-refractivity contribution < 1.29 is 9.15 Å². The van der Waals surface area contributed by atoms with Gasteiger partial charge >= 0.3 is 0 Å². The van der Waals surface area contributed by atoms with Gasteiger partial charge in [-0.2, -0.15) is 0 Å². The van der Waals surface area contributed by atoms with Crippen molar-refractivity contribution in [3.05, 3.63) is 24.2 Å². The lowest BCUT2D eigenvalue weighted by Crippen LogP contribution is -2.35. The number of hydrogen-bond acceptors (Lipinski definition) is 3. The Morgan fingerprint density at radius 1 is 1.47 bits per heavy atom. The summed E-state index contributed by atoms with van der Waals surface area (Å²) in [5.41, 5.74) is 0. The predicted molar refractivity (Wildman–Crippen MR) is 67.9 cm³/mol. The standard InChI is InChI=1S/C14H23NO2/c1-3-9-15-13(12-6-5-10-17-12)14(16-4-2)11-7-8-11/h5-6,10-11,13-15H,3-4,7-9H2,1-2H3. The number of rotatable bonds is 8. The summed E-state index contributed by atoms with van der Waals surface area (Å²) < 4.78 is 11.5. The lowest BCUT2D eigenvalue weighted by Gasteiger charge is -2.26. The Bertz CT molecular complexity index is 306. The van der Waals surface area contributed by atoms with Gasteiger partial charge in [0.05, 0.1) is 18.4 Å².